The van der Waals surface area contributed by atoms with Crippen molar-refractivity contribution in [2.45, 2.75) is 64.1 Å². The second kappa shape index (κ2) is 10.1. The summed E-state index contributed by atoms with van der Waals surface area (Å²) in [6.45, 7) is 8.83. The van der Waals surface area contributed by atoms with Gasteiger partial charge >= 0.3 is 0 Å². The topological polar surface area (TPSA) is 34.2 Å². The summed E-state index contributed by atoms with van der Waals surface area (Å²) in [5, 5.41) is 0. The Morgan fingerprint density at radius 2 is 1.88 bits per heavy atom. The molecule has 0 saturated carbocycles. The molecule has 1 unspecified atom stereocenters. The zero-order chi connectivity index (χ0) is 23.7. The summed E-state index contributed by atoms with van der Waals surface area (Å²) in [7, 11) is 1.52. The van der Waals surface area contributed by atoms with E-state index in [2.05, 4.69) is 35.8 Å². The third-order valence-electron chi connectivity index (χ3n) is 8.03. The molecule has 3 saturated heterocycles. The van der Waals surface area contributed by atoms with E-state index in [0.29, 0.717) is 24.4 Å². The summed E-state index contributed by atoms with van der Waals surface area (Å²) in [5.74, 6) is 0.991. The van der Waals surface area contributed by atoms with Crippen LogP contribution in [0.3, 0.4) is 0 Å². The van der Waals surface area contributed by atoms with E-state index in [1.807, 2.05) is 12.1 Å². The van der Waals surface area contributed by atoms with Gasteiger partial charge in [-0.3, -0.25) is 4.90 Å². The van der Waals surface area contributed by atoms with Crippen LogP contribution in [0, 0.1) is 19.7 Å². The lowest BCUT2D eigenvalue weighted by Crippen LogP contribution is -2.56. The molecule has 0 aliphatic carbocycles. The molecule has 0 radical (unpaired) electrons. The van der Waals surface area contributed by atoms with Crippen molar-refractivity contribution in [3.05, 3.63) is 52.8 Å². The van der Waals surface area contributed by atoms with Crippen molar-refractivity contribution >= 4 is 5.69 Å². The second-order valence-electron chi connectivity index (χ2n) is 9.95. The van der Waals surface area contributed by atoms with Crippen LogP contribution in [-0.4, -0.2) is 57.0 Å². The Balaban J connectivity index is 1.29. The number of anilines is 1. The maximum atomic E-state index is 13.9. The number of benzene rings is 2. The molecule has 5 nitrogen and oxygen atoms in total. The highest BCUT2D eigenvalue weighted by Crippen LogP contribution is 2.40. The molecule has 0 aromatic heterocycles. The Morgan fingerprint density at radius 3 is 2.68 bits per heavy atom. The first kappa shape index (κ1) is 23.4. The number of halogens is 1. The zero-order valence-electron chi connectivity index (χ0n) is 20.7. The van der Waals surface area contributed by atoms with Crippen molar-refractivity contribution in [3.8, 4) is 11.5 Å². The summed E-state index contributed by atoms with van der Waals surface area (Å²) in [4.78, 5) is 5.08. The first-order valence-corrected chi connectivity index (χ1v) is 12.7. The Labute approximate surface area is 202 Å². The monoisotopic (exact) mass is 468 g/mol. The van der Waals surface area contributed by atoms with E-state index in [1.54, 1.807) is 0 Å². The summed E-state index contributed by atoms with van der Waals surface area (Å²) in [6, 6.07) is 10.6. The van der Waals surface area contributed by atoms with Crippen molar-refractivity contribution < 1.29 is 18.6 Å². The first-order valence-electron chi connectivity index (χ1n) is 12.7. The molecule has 0 spiro atoms. The normalized spacial score (nSPS) is 25.3. The van der Waals surface area contributed by atoms with Gasteiger partial charge < -0.3 is 19.1 Å². The molecule has 2 aromatic carbocycles. The molecule has 0 N–H and O–H groups in total. The highest BCUT2D eigenvalue weighted by Gasteiger charge is 2.36. The van der Waals surface area contributed by atoms with Gasteiger partial charge in [0.2, 0.25) is 0 Å². The molecule has 3 aliphatic heterocycles. The van der Waals surface area contributed by atoms with Crippen LogP contribution in [0.1, 0.15) is 54.8 Å². The van der Waals surface area contributed by atoms with Gasteiger partial charge in [0.05, 0.1) is 13.2 Å². The van der Waals surface area contributed by atoms with Gasteiger partial charge in [0, 0.05) is 50.1 Å². The molecule has 3 aliphatic rings. The summed E-state index contributed by atoms with van der Waals surface area (Å²) < 4.78 is 31.0. The van der Waals surface area contributed by atoms with Crippen LogP contribution in [0.15, 0.2) is 30.3 Å². The van der Waals surface area contributed by atoms with E-state index in [-0.39, 0.29) is 11.9 Å². The average Bonchev–Trinajstić information content (AvgIpc) is 3.38. The molecule has 3 fully saturated rings. The Bertz CT molecular complexity index is 1010. The molecule has 3 heterocycles. The minimum Gasteiger partial charge on any atom is -0.494 e. The number of hydrogen-bond donors (Lipinski definition) is 0. The van der Waals surface area contributed by atoms with Gasteiger partial charge in [0.25, 0.3) is 0 Å². The summed E-state index contributed by atoms with van der Waals surface area (Å²) in [6.07, 6.45) is 6.08. The van der Waals surface area contributed by atoms with Gasteiger partial charge in [-0.2, -0.15) is 0 Å². The fourth-order valence-corrected chi connectivity index (χ4v) is 5.96. The van der Waals surface area contributed by atoms with E-state index in [9.17, 15) is 4.39 Å². The van der Waals surface area contributed by atoms with E-state index in [0.717, 1.165) is 50.5 Å². The number of rotatable bonds is 6. The lowest BCUT2D eigenvalue weighted by atomic mass is 9.86. The van der Waals surface area contributed by atoms with Crippen molar-refractivity contribution in [3.63, 3.8) is 0 Å². The molecule has 0 amide bonds. The third kappa shape index (κ3) is 4.63. The van der Waals surface area contributed by atoms with Crippen LogP contribution in [0.25, 0.3) is 0 Å². The minimum atomic E-state index is -0.309. The van der Waals surface area contributed by atoms with Crippen LogP contribution in [0.4, 0.5) is 10.1 Å². The Morgan fingerprint density at radius 1 is 1.00 bits per heavy atom. The minimum absolute atomic E-state index is 0.232. The van der Waals surface area contributed by atoms with Gasteiger partial charge in [0.15, 0.2) is 11.6 Å². The number of fused-ring (bicyclic) bond motifs is 1. The standard InChI is InChI=1S/C28H37FN2O3/c1-19-20(2)27(34-18-23-7-5-15-33-23)12-10-24(19)26-8-4-6-22-17-30(13-14-31(22)26)21-9-11-25(29)28(16-21)32-3/h9-12,16,22-23,26H,4-8,13-15,17-18H2,1-3H3/t22-,23?,26+/m0/s1. The number of piperazine rings is 1. The highest BCUT2D eigenvalue weighted by molar-refractivity contribution is 5.52. The number of hydrogen-bond acceptors (Lipinski definition) is 5. The molecule has 6 heteroatoms. The summed E-state index contributed by atoms with van der Waals surface area (Å²) >= 11 is 0. The van der Waals surface area contributed by atoms with E-state index >= 15 is 0 Å². The lowest BCUT2D eigenvalue weighted by molar-refractivity contribution is 0.0670. The average molecular weight is 469 g/mol. The molecule has 0 bridgehead atoms. The smallest absolute Gasteiger partial charge is 0.165 e. The molecule has 184 valence electrons. The van der Waals surface area contributed by atoms with Crippen LogP contribution < -0.4 is 14.4 Å². The maximum absolute atomic E-state index is 13.9. The van der Waals surface area contributed by atoms with Gasteiger partial charge in [-0.25, -0.2) is 4.39 Å². The fraction of sp³-hybridized carbons (Fsp3) is 0.571. The second-order valence-corrected chi connectivity index (χ2v) is 9.95. The van der Waals surface area contributed by atoms with Gasteiger partial charge in [-0.15, -0.1) is 0 Å². The molecule has 5 rings (SSSR count). The van der Waals surface area contributed by atoms with E-state index in [1.165, 1.54) is 49.1 Å². The largest absolute Gasteiger partial charge is 0.494 e. The third-order valence-corrected chi connectivity index (χ3v) is 8.03. The van der Waals surface area contributed by atoms with Gasteiger partial charge in [0.1, 0.15) is 12.4 Å². The number of ether oxygens (including phenoxy) is 3. The van der Waals surface area contributed by atoms with Crippen molar-refractivity contribution in [1.82, 2.24) is 4.90 Å². The molecule has 3 atom stereocenters. The van der Waals surface area contributed by atoms with Gasteiger partial charge in [-0.05, 0) is 80.8 Å². The van der Waals surface area contributed by atoms with E-state index < -0.39 is 0 Å². The predicted octanol–water partition coefficient (Wildman–Crippen LogP) is 5.42. The van der Waals surface area contributed by atoms with Crippen LogP contribution in [0.5, 0.6) is 11.5 Å². The summed E-state index contributed by atoms with van der Waals surface area (Å²) in [5.41, 5.74) is 5.07. The van der Waals surface area contributed by atoms with E-state index in [4.69, 9.17) is 14.2 Å². The number of nitrogens with zero attached hydrogens (tertiary/aromatic N) is 2. The number of piperidine rings is 1. The SMILES string of the molecule is COc1cc(N2CCN3[C@@H](CCC[C@@H]3c3ccc(OCC4CCCO4)c(C)c3C)C2)ccc1F. The molecular weight excluding hydrogens is 431 g/mol. The zero-order valence-corrected chi connectivity index (χ0v) is 20.7. The van der Waals surface area contributed by atoms with Crippen LogP contribution in [-0.2, 0) is 4.74 Å². The van der Waals surface area contributed by atoms with Crippen molar-refractivity contribution in [2.24, 2.45) is 0 Å². The fourth-order valence-electron chi connectivity index (χ4n) is 5.96. The maximum Gasteiger partial charge on any atom is 0.165 e. The van der Waals surface area contributed by atoms with Crippen LogP contribution >= 0.6 is 0 Å². The van der Waals surface area contributed by atoms with Crippen LogP contribution in [0.2, 0.25) is 0 Å². The van der Waals surface area contributed by atoms with Gasteiger partial charge in [-0.1, -0.05) is 6.07 Å². The highest BCUT2D eigenvalue weighted by atomic mass is 19.1. The lowest BCUT2D eigenvalue weighted by Gasteiger charge is -2.49. The molecule has 34 heavy (non-hydrogen) atoms. The molecule has 2 aromatic rings. The number of methoxy groups -OCH3 is 1. The predicted molar refractivity (Wildman–Crippen MR) is 133 cm³/mol. The first-order chi connectivity index (χ1) is 16.5. The Hall–Kier alpha value is -2.31. The Kier molecular flexibility index (Phi) is 6.98. The van der Waals surface area contributed by atoms with Crippen molar-refractivity contribution in [2.75, 3.05) is 44.9 Å². The van der Waals surface area contributed by atoms with Crippen molar-refractivity contribution in [1.29, 1.82) is 0 Å². The quantitative estimate of drug-likeness (QED) is 0.565. The molecular formula is C28H37FN2O3.